The summed E-state index contributed by atoms with van der Waals surface area (Å²) in [5.74, 6) is -0.966. The molecule has 0 saturated carbocycles. The van der Waals surface area contributed by atoms with Gasteiger partial charge >= 0.3 is 0 Å². The molecule has 0 aromatic heterocycles. The Kier molecular flexibility index (Phi) is 3.76. The van der Waals surface area contributed by atoms with Crippen molar-refractivity contribution >= 4 is 11.5 Å². The average Bonchev–Trinajstić information content (AvgIpc) is 2.19. The van der Waals surface area contributed by atoms with E-state index in [1.54, 1.807) is 0 Å². The van der Waals surface area contributed by atoms with Crippen LogP contribution in [0.3, 0.4) is 0 Å². The summed E-state index contributed by atoms with van der Waals surface area (Å²) in [6.07, 6.45) is 0.177. The van der Waals surface area contributed by atoms with E-state index in [-0.39, 0.29) is 30.3 Å². The molecule has 1 aromatic rings. The minimum atomic E-state index is -0.808. The molecule has 7 heteroatoms. The van der Waals surface area contributed by atoms with Gasteiger partial charge < -0.3 is 10.5 Å². The highest BCUT2D eigenvalue weighted by Crippen LogP contribution is 2.22. The van der Waals surface area contributed by atoms with Gasteiger partial charge in [0.25, 0.3) is 5.69 Å². The van der Waals surface area contributed by atoms with E-state index in [0.717, 1.165) is 12.1 Å². The second kappa shape index (κ2) is 5.06. The highest BCUT2D eigenvalue weighted by molar-refractivity contribution is 5.76. The van der Waals surface area contributed by atoms with Crippen LogP contribution in [-0.4, -0.2) is 17.4 Å². The molecule has 0 aliphatic heterocycles. The number of nitrogens with one attached hydrogen (secondary N) is 1. The van der Waals surface area contributed by atoms with Gasteiger partial charge in [0.2, 0.25) is 0 Å². The molecule has 86 valence electrons. The van der Waals surface area contributed by atoms with E-state index in [0.29, 0.717) is 0 Å². The van der Waals surface area contributed by atoms with Gasteiger partial charge in [-0.1, -0.05) is 0 Å². The lowest BCUT2D eigenvalue weighted by Gasteiger charge is -2.05. The molecular weight excluding hydrogens is 217 g/mol. The van der Waals surface area contributed by atoms with Crippen molar-refractivity contribution in [2.45, 2.75) is 6.42 Å². The third-order valence-corrected chi connectivity index (χ3v) is 1.76. The largest absolute Gasteiger partial charge is 0.490 e. The molecule has 0 atom stereocenters. The fourth-order valence-electron chi connectivity index (χ4n) is 0.991. The van der Waals surface area contributed by atoms with Crippen LogP contribution in [0.15, 0.2) is 18.2 Å². The van der Waals surface area contributed by atoms with E-state index in [4.69, 9.17) is 15.9 Å². The summed E-state index contributed by atoms with van der Waals surface area (Å²) >= 11 is 0. The van der Waals surface area contributed by atoms with E-state index in [1.165, 1.54) is 6.07 Å². The fraction of sp³-hybridized carbons (Fsp3) is 0.222. The first kappa shape index (κ1) is 11.9. The molecule has 0 bridgehead atoms. The summed E-state index contributed by atoms with van der Waals surface area (Å²) in [6, 6.07) is 3.10. The number of nitro benzene ring substituents is 1. The summed E-state index contributed by atoms with van der Waals surface area (Å²) in [5.41, 5.74) is 4.74. The fourth-order valence-corrected chi connectivity index (χ4v) is 0.991. The number of nitro groups is 1. The second-order valence-electron chi connectivity index (χ2n) is 3.00. The molecule has 1 aromatic carbocycles. The molecule has 0 unspecified atom stereocenters. The molecule has 0 spiro atoms. The first-order chi connectivity index (χ1) is 7.50. The minimum absolute atomic E-state index is 0.0596. The van der Waals surface area contributed by atoms with Crippen LogP contribution in [0.5, 0.6) is 5.75 Å². The van der Waals surface area contributed by atoms with E-state index in [2.05, 4.69) is 0 Å². The summed E-state index contributed by atoms with van der Waals surface area (Å²) < 4.78 is 18.2. The number of amidine groups is 1. The summed E-state index contributed by atoms with van der Waals surface area (Å²) in [7, 11) is 0. The molecule has 3 N–H and O–H groups in total. The van der Waals surface area contributed by atoms with Gasteiger partial charge in [0.05, 0.1) is 23.4 Å². The lowest BCUT2D eigenvalue weighted by atomic mass is 10.3. The third kappa shape index (κ3) is 3.19. The van der Waals surface area contributed by atoms with E-state index in [1.807, 2.05) is 0 Å². The highest BCUT2D eigenvalue weighted by Gasteiger charge is 2.11. The van der Waals surface area contributed by atoms with Crippen LogP contribution < -0.4 is 10.5 Å². The number of hydrogen-bond acceptors (Lipinski definition) is 4. The molecule has 0 fully saturated rings. The van der Waals surface area contributed by atoms with Crippen LogP contribution in [0, 0.1) is 21.3 Å². The normalized spacial score (nSPS) is 9.81. The average molecular weight is 227 g/mol. The molecule has 0 heterocycles. The molecule has 0 radical (unpaired) electrons. The van der Waals surface area contributed by atoms with Crippen molar-refractivity contribution in [2.24, 2.45) is 5.73 Å². The summed E-state index contributed by atoms with van der Waals surface area (Å²) in [6.45, 7) is 0.0596. The van der Waals surface area contributed by atoms with Crippen LogP contribution in [0.2, 0.25) is 0 Å². The van der Waals surface area contributed by atoms with Crippen molar-refractivity contribution in [1.29, 1.82) is 5.41 Å². The maximum Gasteiger partial charge on any atom is 0.272 e. The van der Waals surface area contributed by atoms with Crippen LogP contribution in [0.25, 0.3) is 0 Å². The van der Waals surface area contributed by atoms with Gasteiger partial charge in [0, 0.05) is 12.5 Å². The van der Waals surface area contributed by atoms with Crippen molar-refractivity contribution in [3.05, 3.63) is 34.1 Å². The Morgan fingerprint density at radius 3 is 2.81 bits per heavy atom. The Labute approximate surface area is 90.5 Å². The monoisotopic (exact) mass is 227 g/mol. The number of nitrogens with two attached hydrogens (primary N) is 1. The number of non-ortho nitro benzene ring substituents is 1. The molecule has 16 heavy (non-hydrogen) atoms. The number of rotatable bonds is 5. The summed E-state index contributed by atoms with van der Waals surface area (Å²) in [4.78, 5) is 9.63. The number of nitrogens with zero attached hydrogens (tertiary/aromatic N) is 1. The van der Waals surface area contributed by atoms with Crippen molar-refractivity contribution in [3.8, 4) is 5.75 Å². The Balaban J connectivity index is 2.68. The van der Waals surface area contributed by atoms with Gasteiger partial charge in [-0.05, 0) is 6.07 Å². The van der Waals surface area contributed by atoms with Gasteiger partial charge in [-0.2, -0.15) is 0 Å². The molecule has 0 amide bonds. The van der Waals surface area contributed by atoms with Crippen LogP contribution in [0.1, 0.15) is 6.42 Å². The van der Waals surface area contributed by atoms with Gasteiger partial charge in [-0.25, -0.2) is 4.39 Å². The van der Waals surface area contributed by atoms with Gasteiger partial charge in [-0.3, -0.25) is 15.5 Å². The Hall–Kier alpha value is -2.18. The van der Waals surface area contributed by atoms with Crippen molar-refractivity contribution in [3.63, 3.8) is 0 Å². The van der Waals surface area contributed by atoms with Crippen LogP contribution >= 0.6 is 0 Å². The molecule has 0 aliphatic rings. The standard InChI is InChI=1S/C9H10FN3O3/c10-7-5-6(13(14)15)1-2-8(7)16-4-3-9(11)12/h1-2,5H,3-4H2,(H3,11,12). The van der Waals surface area contributed by atoms with Crippen molar-refractivity contribution < 1.29 is 14.1 Å². The van der Waals surface area contributed by atoms with Gasteiger partial charge in [0.1, 0.15) is 0 Å². The molecule has 6 nitrogen and oxygen atoms in total. The number of halogens is 1. The quantitative estimate of drug-likeness (QED) is 0.344. The predicted octanol–water partition coefficient (Wildman–Crippen LogP) is 1.44. The van der Waals surface area contributed by atoms with Gasteiger partial charge in [-0.15, -0.1) is 0 Å². The molecular formula is C9H10FN3O3. The number of hydrogen-bond donors (Lipinski definition) is 2. The molecule has 1 rings (SSSR count). The lowest BCUT2D eigenvalue weighted by molar-refractivity contribution is -0.385. The van der Waals surface area contributed by atoms with E-state index >= 15 is 0 Å². The zero-order chi connectivity index (χ0) is 12.1. The Morgan fingerprint density at radius 1 is 1.62 bits per heavy atom. The van der Waals surface area contributed by atoms with Crippen molar-refractivity contribution in [1.82, 2.24) is 0 Å². The topological polar surface area (TPSA) is 102 Å². The zero-order valence-electron chi connectivity index (χ0n) is 8.27. The Bertz CT molecular complexity index is 422. The summed E-state index contributed by atoms with van der Waals surface area (Å²) in [5, 5.41) is 17.2. The Morgan fingerprint density at radius 2 is 2.31 bits per heavy atom. The SMILES string of the molecule is N=C(N)CCOc1ccc([N+](=O)[O-])cc1F. The highest BCUT2D eigenvalue weighted by atomic mass is 19.1. The van der Waals surface area contributed by atoms with E-state index < -0.39 is 10.7 Å². The maximum atomic E-state index is 13.2. The van der Waals surface area contributed by atoms with Crippen molar-refractivity contribution in [2.75, 3.05) is 6.61 Å². The third-order valence-electron chi connectivity index (χ3n) is 1.76. The first-order valence-electron chi connectivity index (χ1n) is 4.40. The number of benzene rings is 1. The number of ether oxygens (including phenoxy) is 1. The smallest absolute Gasteiger partial charge is 0.272 e. The van der Waals surface area contributed by atoms with Crippen LogP contribution in [-0.2, 0) is 0 Å². The lowest BCUT2D eigenvalue weighted by Crippen LogP contribution is -2.14. The molecule has 0 saturated heterocycles. The minimum Gasteiger partial charge on any atom is -0.490 e. The van der Waals surface area contributed by atoms with Gasteiger partial charge in [0.15, 0.2) is 11.6 Å². The predicted molar refractivity (Wildman–Crippen MR) is 55.1 cm³/mol. The first-order valence-corrected chi connectivity index (χ1v) is 4.40. The second-order valence-corrected chi connectivity index (χ2v) is 3.00. The molecule has 0 aliphatic carbocycles. The maximum absolute atomic E-state index is 13.2. The van der Waals surface area contributed by atoms with Crippen LogP contribution in [0.4, 0.5) is 10.1 Å². The van der Waals surface area contributed by atoms with E-state index in [9.17, 15) is 14.5 Å². The zero-order valence-corrected chi connectivity index (χ0v) is 8.27.